The second-order valence-electron chi connectivity index (χ2n) is 5.71. The van der Waals surface area contributed by atoms with Crippen molar-refractivity contribution in [3.63, 3.8) is 0 Å². The monoisotopic (exact) mass is 237 g/mol. The molecule has 0 bridgehead atoms. The predicted octanol–water partition coefficient (Wildman–Crippen LogP) is 3.12. The second kappa shape index (κ2) is 4.30. The van der Waals surface area contributed by atoms with Gasteiger partial charge in [-0.1, -0.05) is 13.8 Å². The number of nitrogens with zero attached hydrogens (tertiary/aromatic N) is 1. The first-order chi connectivity index (χ1) is 7.89. The van der Waals surface area contributed by atoms with Crippen LogP contribution in [0, 0.1) is 11.2 Å². The van der Waals surface area contributed by atoms with Gasteiger partial charge in [-0.3, -0.25) is 0 Å². The van der Waals surface area contributed by atoms with Gasteiger partial charge in [0.05, 0.1) is 6.10 Å². The summed E-state index contributed by atoms with van der Waals surface area (Å²) in [6.45, 7) is 8.08. The highest BCUT2D eigenvalue weighted by molar-refractivity contribution is 5.55. The van der Waals surface area contributed by atoms with Crippen LogP contribution < -0.4 is 4.90 Å². The van der Waals surface area contributed by atoms with Crippen molar-refractivity contribution in [2.45, 2.75) is 33.3 Å². The van der Waals surface area contributed by atoms with Crippen LogP contribution in [0.1, 0.15) is 38.9 Å². The molecule has 0 radical (unpaired) electrons. The number of hydrogen-bond donors (Lipinski definition) is 1. The number of anilines is 1. The highest BCUT2D eigenvalue weighted by atomic mass is 19.1. The Kier molecular flexibility index (Phi) is 3.13. The van der Waals surface area contributed by atoms with Crippen molar-refractivity contribution in [3.8, 4) is 0 Å². The molecule has 1 heterocycles. The van der Waals surface area contributed by atoms with Crippen molar-refractivity contribution in [1.82, 2.24) is 0 Å². The minimum atomic E-state index is -0.635. The van der Waals surface area contributed by atoms with Gasteiger partial charge in [0.1, 0.15) is 5.82 Å². The van der Waals surface area contributed by atoms with E-state index < -0.39 is 6.10 Å². The Morgan fingerprint density at radius 2 is 2.12 bits per heavy atom. The molecule has 1 fully saturated rings. The molecule has 1 unspecified atom stereocenters. The van der Waals surface area contributed by atoms with Crippen LogP contribution in [-0.4, -0.2) is 18.2 Å². The third kappa shape index (κ3) is 2.60. The summed E-state index contributed by atoms with van der Waals surface area (Å²) in [5.41, 5.74) is 1.94. The van der Waals surface area contributed by atoms with Gasteiger partial charge in [-0.2, -0.15) is 0 Å². The molecule has 1 atom stereocenters. The zero-order chi connectivity index (χ0) is 12.6. The fourth-order valence-corrected chi connectivity index (χ4v) is 2.47. The summed E-state index contributed by atoms with van der Waals surface area (Å²) in [7, 11) is 0. The van der Waals surface area contributed by atoms with Gasteiger partial charge in [-0.05, 0) is 37.0 Å². The van der Waals surface area contributed by atoms with Gasteiger partial charge in [-0.15, -0.1) is 0 Å². The molecule has 0 saturated carbocycles. The van der Waals surface area contributed by atoms with E-state index in [4.69, 9.17) is 0 Å². The van der Waals surface area contributed by atoms with Crippen LogP contribution in [0.5, 0.6) is 0 Å². The largest absolute Gasteiger partial charge is 0.389 e. The van der Waals surface area contributed by atoms with Crippen LogP contribution in [0.2, 0.25) is 0 Å². The maximum Gasteiger partial charge on any atom is 0.123 e. The van der Waals surface area contributed by atoms with E-state index in [1.54, 1.807) is 13.0 Å². The van der Waals surface area contributed by atoms with Crippen molar-refractivity contribution in [1.29, 1.82) is 0 Å². The van der Waals surface area contributed by atoms with Crippen molar-refractivity contribution in [2.75, 3.05) is 18.0 Å². The lowest BCUT2D eigenvalue weighted by Gasteiger charge is -2.25. The molecule has 1 saturated heterocycles. The predicted molar refractivity (Wildman–Crippen MR) is 67.6 cm³/mol. The molecular weight excluding hydrogens is 217 g/mol. The lowest BCUT2D eigenvalue weighted by molar-refractivity contribution is 0.199. The Hall–Kier alpha value is -1.09. The molecule has 0 spiro atoms. The van der Waals surface area contributed by atoms with Crippen LogP contribution in [0.4, 0.5) is 10.1 Å². The molecule has 1 aromatic carbocycles. The fourth-order valence-electron chi connectivity index (χ4n) is 2.47. The van der Waals surface area contributed by atoms with Crippen molar-refractivity contribution in [2.24, 2.45) is 5.41 Å². The molecule has 2 rings (SSSR count). The van der Waals surface area contributed by atoms with Gasteiger partial charge >= 0.3 is 0 Å². The standard InChI is InChI=1S/C14H20FNO/c1-10(17)12-8-11(15)4-5-13(12)16-7-6-14(2,3)9-16/h4-5,8,10,17H,6-7,9H2,1-3H3. The van der Waals surface area contributed by atoms with E-state index in [1.165, 1.54) is 12.1 Å². The minimum absolute atomic E-state index is 0.289. The number of aliphatic hydroxyl groups is 1. The summed E-state index contributed by atoms with van der Waals surface area (Å²) in [6.07, 6.45) is 0.494. The Bertz CT molecular complexity index is 415. The second-order valence-corrected chi connectivity index (χ2v) is 5.71. The SMILES string of the molecule is CC(O)c1cc(F)ccc1N1CCC(C)(C)C1. The highest BCUT2D eigenvalue weighted by Gasteiger charge is 2.30. The average molecular weight is 237 g/mol. The zero-order valence-electron chi connectivity index (χ0n) is 10.7. The summed E-state index contributed by atoms with van der Waals surface area (Å²) in [5.74, 6) is -0.289. The van der Waals surface area contributed by atoms with E-state index >= 15 is 0 Å². The van der Waals surface area contributed by atoms with E-state index in [0.717, 1.165) is 25.2 Å². The molecule has 0 aliphatic carbocycles. The first-order valence-corrected chi connectivity index (χ1v) is 6.11. The van der Waals surface area contributed by atoms with Gasteiger partial charge in [-0.25, -0.2) is 4.39 Å². The van der Waals surface area contributed by atoms with Gasteiger partial charge < -0.3 is 10.0 Å². The van der Waals surface area contributed by atoms with Crippen molar-refractivity contribution < 1.29 is 9.50 Å². The number of rotatable bonds is 2. The number of halogens is 1. The van der Waals surface area contributed by atoms with E-state index in [-0.39, 0.29) is 5.82 Å². The highest BCUT2D eigenvalue weighted by Crippen LogP contribution is 2.36. The van der Waals surface area contributed by atoms with E-state index in [9.17, 15) is 9.50 Å². The minimum Gasteiger partial charge on any atom is -0.389 e. The van der Waals surface area contributed by atoms with Crippen molar-refractivity contribution >= 4 is 5.69 Å². The summed E-state index contributed by atoms with van der Waals surface area (Å²) in [4.78, 5) is 2.24. The molecule has 2 nitrogen and oxygen atoms in total. The van der Waals surface area contributed by atoms with Gasteiger partial charge in [0, 0.05) is 24.3 Å². The quantitative estimate of drug-likeness (QED) is 0.854. The third-order valence-electron chi connectivity index (χ3n) is 3.46. The normalized spacial score (nSPS) is 20.6. The molecule has 1 aliphatic heterocycles. The lowest BCUT2D eigenvalue weighted by Crippen LogP contribution is -2.24. The Morgan fingerprint density at radius 1 is 1.41 bits per heavy atom. The number of benzene rings is 1. The first kappa shape index (κ1) is 12.4. The Morgan fingerprint density at radius 3 is 2.65 bits per heavy atom. The molecule has 0 aromatic heterocycles. The number of aliphatic hydroxyl groups excluding tert-OH is 1. The average Bonchev–Trinajstić information content (AvgIpc) is 2.58. The van der Waals surface area contributed by atoms with E-state index in [0.29, 0.717) is 11.0 Å². The topological polar surface area (TPSA) is 23.5 Å². The van der Waals surface area contributed by atoms with E-state index in [2.05, 4.69) is 18.7 Å². The Labute approximate surface area is 102 Å². The summed E-state index contributed by atoms with van der Waals surface area (Å²) in [6, 6.07) is 4.68. The molecule has 0 amide bonds. The third-order valence-corrected chi connectivity index (χ3v) is 3.46. The molecule has 17 heavy (non-hydrogen) atoms. The van der Waals surface area contributed by atoms with Gasteiger partial charge in [0.2, 0.25) is 0 Å². The molecule has 1 N–H and O–H groups in total. The number of hydrogen-bond acceptors (Lipinski definition) is 2. The van der Waals surface area contributed by atoms with Crippen LogP contribution in [0.15, 0.2) is 18.2 Å². The van der Waals surface area contributed by atoms with Crippen LogP contribution in [-0.2, 0) is 0 Å². The lowest BCUT2D eigenvalue weighted by atomic mass is 9.93. The maximum absolute atomic E-state index is 13.2. The summed E-state index contributed by atoms with van der Waals surface area (Å²) in [5, 5.41) is 9.73. The Balaban J connectivity index is 2.33. The molecule has 94 valence electrons. The van der Waals surface area contributed by atoms with Crippen LogP contribution in [0.3, 0.4) is 0 Å². The molecular formula is C14H20FNO. The van der Waals surface area contributed by atoms with E-state index in [1.807, 2.05) is 0 Å². The van der Waals surface area contributed by atoms with Crippen LogP contribution >= 0.6 is 0 Å². The molecule has 1 aliphatic rings. The fraction of sp³-hybridized carbons (Fsp3) is 0.571. The molecule has 3 heteroatoms. The maximum atomic E-state index is 13.2. The van der Waals surface area contributed by atoms with Crippen LogP contribution in [0.25, 0.3) is 0 Å². The van der Waals surface area contributed by atoms with Crippen molar-refractivity contribution in [3.05, 3.63) is 29.6 Å². The zero-order valence-corrected chi connectivity index (χ0v) is 10.7. The molecule has 1 aromatic rings. The van der Waals surface area contributed by atoms with Gasteiger partial charge in [0.25, 0.3) is 0 Å². The smallest absolute Gasteiger partial charge is 0.123 e. The van der Waals surface area contributed by atoms with Gasteiger partial charge in [0.15, 0.2) is 0 Å². The summed E-state index contributed by atoms with van der Waals surface area (Å²) >= 11 is 0. The summed E-state index contributed by atoms with van der Waals surface area (Å²) < 4.78 is 13.2. The first-order valence-electron chi connectivity index (χ1n) is 6.11.